The Hall–Kier alpha value is -1.29. The molecular formula is C17H24O3S. The van der Waals surface area contributed by atoms with Gasteiger partial charge in [-0.15, -0.1) is 11.8 Å². The first-order chi connectivity index (χ1) is 9.90. The first kappa shape index (κ1) is 17.8. The number of aryl methyl sites for hydroxylation is 1. The molecule has 0 aliphatic rings. The van der Waals surface area contributed by atoms with E-state index in [1.807, 2.05) is 18.2 Å². The Morgan fingerprint density at radius 1 is 1.24 bits per heavy atom. The third-order valence-electron chi connectivity index (χ3n) is 3.26. The highest BCUT2D eigenvalue weighted by Crippen LogP contribution is 2.27. The molecule has 1 aromatic carbocycles. The molecule has 0 amide bonds. The molecule has 0 bridgehead atoms. The van der Waals surface area contributed by atoms with E-state index in [0.29, 0.717) is 5.75 Å². The van der Waals surface area contributed by atoms with Gasteiger partial charge < -0.3 is 4.74 Å². The second kappa shape index (κ2) is 8.23. The molecule has 0 saturated carbocycles. The highest BCUT2D eigenvalue weighted by atomic mass is 32.2. The molecule has 0 atom stereocenters. The van der Waals surface area contributed by atoms with Gasteiger partial charge in [0.2, 0.25) is 0 Å². The number of carbonyl (C=O) groups excluding carboxylic acids is 2. The summed E-state index contributed by atoms with van der Waals surface area (Å²) in [5, 5.41) is 0. The minimum atomic E-state index is -0.755. The van der Waals surface area contributed by atoms with Crippen LogP contribution in [0.25, 0.3) is 0 Å². The van der Waals surface area contributed by atoms with Crippen molar-refractivity contribution in [3.05, 3.63) is 29.8 Å². The standard InChI is InChI=1S/C17H24O3S/c1-5-8-13-9-6-7-10-15(13)21-12-14(18)11-17(2,3)16(19)20-4/h6-7,9-10H,5,8,11-12H2,1-4H3. The summed E-state index contributed by atoms with van der Waals surface area (Å²) in [6.07, 6.45) is 2.31. The Morgan fingerprint density at radius 3 is 2.52 bits per heavy atom. The smallest absolute Gasteiger partial charge is 0.311 e. The predicted octanol–water partition coefficient (Wildman–Crippen LogP) is 3.89. The van der Waals surface area contributed by atoms with Crippen LogP contribution in [0.1, 0.15) is 39.2 Å². The molecule has 0 aliphatic carbocycles. The van der Waals surface area contributed by atoms with Gasteiger partial charge in [-0.05, 0) is 31.9 Å². The summed E-state index contributed by atoms with van der Waals surface area (Å²) in [5.74, 6) is 0.121. The van der Waals surface area contributed by atoms with Crippen molar-refractivity contribution in [2.24, 2.45) is 5.41 Å². The Bertz CT molecular complexity index is 495. The fourth-order valence-electron chi connectivity index (χ4n) is 2.17. The zero-order valence-corrected chi connectivity index (χ0v) is 14.1. The van der Waals surface area contributed by atoms with Crippen LogP contribution < -0.4 is 0 Å². The van der Waals surface area contributed by atoms with E-state index in [0.717, 1.165) is 17.7 Å². The number of ketones is 1. The Balaban J connectivity index is 2.59. The summed E-state index contributed by atoms with van der Waals surface area (Å²) in [5.41, 5.74) is 0.528. The molecule has 0 unspecified atom stereocenters. The van der Waals surface area contributed by atoms with Crippen LogP contribution in [-0.4, -0.2) is 24.6 Å². The average molecular weight is 308 g/mol. The van der Waals surface area contributed by atoms with Gasteiger partial charge >= 0.3 is 5.97 Å². The van der Waals surface area contributed by atoms with Gasteiger partial charge in [0.25, 0.3) is 0 Å². The van der Waals surface area contributed by atoms with Crippen LogP contribution in [0, 0.1) is 5.41 Å². The van der Waals surface area contributed by atoms with E-state index in [9.17, 15) is 9.59 Å². The lowest BCUT2D eigenvalue weighted by Crippen LogP contribution is -2.29. The second-order valence-corrected chi connectivity index (χ2v) is 6.75. The quantitative estimate of drug-likeness (QED) is 0.540. The molecule has 3 nitrogen and oxygen atoms in total. The van der Waals surface area contributed by atoms with E-state index in [-0.39, 0.29) is 18.2 Å². The molecule has 0 aromatic heterocycles. The average Bonchev–Trinajstić information content (AvgIpc) is 2.45. The molecule has 1 rings (SSSR count). The van der Waals surface area contributed by atoms with Gasteiger partial charge in [-0.1, -0.05) is 31.5 Å². The van der Waals surface area contributed by atoms with Gasteiger partial charge in [0, 0.05) is 11.3 Å². The van der Waals surface area contributed by atoms with Gasteiger partial charge in [-0.3, -0.25) is 9.59 Å². The normalized spacial score (nSPS) is 11.2. The summed E-state index contributed by atoms with van der Waals surface area (Å²) in [4.78, 5) is 24.9. The number of methoxy groups -OCH3 is 1. The lowest BCUT2D eigenvalue weighted by molar-refractivity contribution is -0.152. The zero-order chi connectivity index (χ0) is 15.9. The molecule has 0 heterocycles. The maximum Gasteiger partial charge on any atom is 0.311 e. The molecular weight excluding hydrogens is 284 g/mol. The summed E-state index contributed by atoms with van der Waals surface area (Å²) in [7, 11) is 1.35. The molecule has 0 N–H and O–H groups in total. The van der Waals surface area contributed by atoms with Gasteiger partial charge in [0.15, 0.2) is 0 Å². The van der Waals surface area contributed by atoms with Crippen LogP contribution in [0.2, 0.25) is 0 Å². The fourth-order valence-corrected chi connectivity index (χ4v) is 3.12. The number of thioether (sulfide) groups is 1. The predicted molar refractivity (Wildman–Crippen MR) is 86.6 cm³/mol. The van der Waals surface area contributed by atoms with Crippen molar-refractivity contribution >= 4 is 23.5 Å². The number of hydrogen-bond acceptors (Lipinski definition) is 4. The molecule has 4 heteroatoms. The van der Waals surface area contributed by atoms with Crippen molar-refractivity contribution in [1.82, 2.24) is 0 Å². The first-order valence-corrected chi connectivity index (χ1v) is 8.20. The summed E-state index contributed by atoms with van der Waals surface area (Å²) < 4.78 is 4.73. The van der Waals surface area contributed by atoms with Gasteiger partial charge in [0.1, 0.15) is 5.78 Å². The van der Waals surface area contributed by atoms with Gasteiger partial charge in [-0.2, -0.15) is 0 Å². The maximum absolute atomic E-state index is 12.1. The number of Topliss-reactive ketones (excluding diaryl/α,β-unsaturated/α-hetero) is 1. The van der Waals surface area contributed by atoms with Crippen molar-refractivity contribution in [1.29, 1.82) is 0 Å². The van der Waals surface area contributed by atoms with Crippen molar-refractivity contribution in [3.63, 3.8) is 0 Å². The highest BCUT2D eigenvalue weighted by Gasteiger charge is 2.31. The molecule has 1 aromatic rings. The van der Waals surface area contributed by atoms with E-state index in [2.05, 4.69) is 13.0 Å². The lowest BCUT2D eigenvalue weighted by atomic mass is 9.88. The van der Waals surface area contributed by atoms with Gasteiger partial charge in [0.05, 0.1) is 18.3 Å². The lowest BCUT2D eigenvalue weighted by Gasteiger charge is -2.20. The minimum absolute atomic E-state index is 0.0710. The summed E-state index contributed by atoms with van der Waals surface area (Å²) in [6.45, 7) is 5.63. The molecule has 0 fully saturated rings. The monoisotopic (exact) mass is 308 g/mol. The van der Waals surface area contributed by atoms with Crippen molar-refractivity contribution < 1.29 is 14.3 Å². The van der Waals surface area contributed by atoms with Crippen molar-refractivity contribution in [2.75, 3.05) is 12.9 Å². The molecule has 116 valence electrons. The topological polar surface area (TPSA) is 43.4 Å². The van der Waals surface area contributed by atoms with E-state index in [1.165, 1.54) is 12.7 Å². The molecule has 0 spiro atoms. The highest BCUT2D eigenvalue weighted by molar-refractivity contribution is 8.00. The minimum Gasteiger partial charge on any atom is -0.469 e. The van der Waals surface area contributed by atoms with Crippen LogP contribution >= 0.6 is 11.8 Å². The first-order valence-electron chi connectivity index (χ1n) is 7.21. The zero-order valence-electron chi connectivity index (χ0n) is 13.3. The van der Waals surface area contributed by atoms with Crippen LogP contribution in [0.15, 0.2) is 29.2 Å². The Labute approximate surface area is 131 Å². The Kier molecular flexibility index (Phi) is 6.96. The van der Waals surface area contributed by atoms with Crippen LogP contribution in [0.5, 0.6) is 0 Å². The number of benzene rings is 1. The Morgan fingerprint density at radius 2 is 1.90 bits per heavy atom. The molecule has 0 radical (unpaired) electrons. The molecule has 21 heavy (non-hydrogen) atoms. The van der Waals surface area contributed by atoms with Gasteiger partial charge in [-0.25, -0.2) is 0 Å². The maximum atomic E-state index is 12.1. The number of hydrogen-bond donors (Lipinski definition) is 0. The van der Waals surface area contributed by atoms with E-state index in [4.69, 9.17) is 4.74 Å². The van der Waals surface area contributed by atoms with Crippen LogP contribution in [0.4, 0.5) is 0 Å². The third-order valence-corrected chi connectivity index (χ3v) is 4.43. The third kappa shape index (κ3) is 5.54. The number of esters is 1. The molecule has 0 aliphatic heterocycles. The van der Waals surface area contributed by atoms with E-state index < -0.39 is 5.41 Å². The second-order valence-electron chi connectivity index (χ2n) is 5.74. The van der Waals surface area contributed by atoms with Crippen molar-refractivity contribution in [3.8, 4) is 0 Å². The van der Waals surface area contributed by atoms with Crippen molar-refractivity contribution in [2.45, 2.75) is 44.9 Å². The fraction of sp³-hybridized carbons (Fsp3) is 0.529. The molecule has 0 saturated heterocycles. The van der Waals surface area contributed by atoms with E-state index in [1.54, 1.807) is 25.6 Å². The number of carbonyl (C=O) groups is 2. The SMILES string of the molecule is CCCc1ccccc1SCC(=O)CC(C)(C)C(=O)OC. The largest absolute Gasteiger partial charge is 0.469 e. The van der Waals surface area contributed by atoms with Crippen LogP contribution in [-0.2, 0) is 20.7 Å². The summed E-state index contributed by atoms with van der Waals surface area (Å²) in [6, 6.07) is 8.17. The number of rotatable bonds is 8. The summed E-state index contributed by atoms with van der Waals surface area (Å²) >= 11 is 1.55. The number of ether oxygens (including phenoxy) is 1. The van der Waals surface area contributed by atoms with E-state index >= 15 is 0 Å². The van der Waals surface area contributed by atoms with Crippen LogP contribution in [0.3, 0.4) is 0 Å².